The van der Waals surface area contributed by atoms with Crippen molar-refractivity contribution in [2.75, 3.05) is 12.3 Å². The number of hydrogen-bond donors (Lipinski definition) is 1. The molecule has 1 aromatic carbocycles. The average molecular weight is 291 g/mol. The number of anilines is 1. The molecule has 2 N–H and O–H groups in total. The molecule has 1 atom stereocenters. The number of nitrogen functional groups attached to an aromatic ring is 1. The molecule has 1 aliphatic rings. The van der Waals surface area contributed by atoms with Gasteiger partial charge in [-0.15, -0.1) is 0 Å². The number of nitro groups is 1. The molecule has 1 aliphatic heterocycles. The van der Waals surface area contributed by atoms with E-state index in [4.69, 9.17) is 5.73 Å². The number of nitro benzene ring substituents is 1. The second-order valence-electron chi connectivity index (χ2n) is 6.69. The largest absolute Gasteiger partial charge is 0.393 e. The van der Waals surface area contributed by atoms with Crippen molar-refractivity contribution in [2.24, 2.45) is 11.3 Å². The lowest BCUT2D eigenvalue weighted by molar-refractivity contribution is -0.384. The normalized spacial score (nSPS) is 19.1. The first-order valence-corrected chi connectivity index (χ1v) is 6.99. The molecule has 1 fully saturated rings. The summed E-state index contributed by atoms with van der Waals surface area (Å²) in [5, 5.41) is 10.9. The second kappa shape index (κ2) is 5.35. The molecule has 1 amide bonds. The molecular formula is C15H21N3O3. The van der Waals surface area contributed by atoms with Gasteiger partial charge in [-0.25, -0.2) is 0 Å². The van der Waals surface area contributed by atoms with Crippen LogP contribution < -0.4 is 5.73 Å². The van der Waals surface area contributed by atoms with Gasteiger partial charge in [-0.3, -0.25) is 14.9 Å². The molecule has 0 aromatic heterocycles. The number of nitrogens with two attached hydrogens (primary N) is 1. The highest BCUT2D eigenvalue weighted by Gasteiger charge is 2.36. The Bertz CT molecular complexity index is 578. The lowest BCUT2D eigenvalue weighted by Gasteiger charge is -2.26. The quantitative estimate of drug-likeness (QED) is 0.526. The Morgan fingerprint density at radius 1 is 1.43 bits per heavy atom. The Morgan fingerprint density at radius 3 is 2.62 bits per heavy atom. The number of hydrogen-bond acceptors (Lipinski definition) is 4. The van der Waals surface area contributed by atoms with Crippen LogP contribution >= 0.6 is 0 Å². The van der Waals surface area contributed by atoms with E-state index in [1.54, 1.807) is 11.0 Å². The van der Waals surface area contributed by atoms with Gasteiger partial charge >= 0.3 is 0 Å². The molecule has 21 heavy (non-hydrogen) atoms. The smallest absolute Gasteiger partial charge is 0.292 e. The standard InChI is InChI=1S/C15H21N3O3/c1-15(2,3)11-7-14(19)17(9-11)8-10-4-5-12(16)13(6-10)18(20)21/h4-6,11H,7-9,16H2,1-3H3. The molecule has 6 heteroatoms. The van der Waals surface area contributed by atoms with Crippen LogP contribution in [-0.4, -0.2) is 22.3 Å². The van der Waals surface area contributed by atoms with Gasteiger partial charge in [0.2, 0.25) is 5.91 Å². The highest BCUT2D eigenvalue weighted by Crippen LogP contribution is 2.35. The Hall–Kier alpha value is -2.11. The first kappa shape index (κ1) is 15.3. The fraction of sp³-hybridized carbons (Fsp3) is 0.533. The third kappa shape index (κ3) is 3.32. The molecule has 0 aliphatic carbocycles. The van der Waals surface area contributed by atoms with Gasteiger partial charge < -0.3 is 10.6 Å². The monoisotopic (exact) mass is 291 g/mol. The summed E-state index contributed by atoms with van der Waals surface area (Å²) in [6.45, 7) is 7.47. The molecule has 0 bridgehead atoms. The fourth-order valence-electron chi connectivity index (χ4n) is 2.57. The number of carbonyl (C=O) groups excluding carboxylic acids is 1. The Kier molecular flexibility index (Phi) is 3.89. The number of carbonyl (C=O) groups is 1. The van der Waals surface area contributed by atoms with Gasteiger partial charge in [0.25, 0.3) is 5.69 Å². The number of likely N-dealkylation sites (tertiary alicyclic amines) is 1. The van der Waals surface area contributed by atoms with Gasteiger partial charge in [0.05, 0.1) is 4.92 Å². The lowest BCUT2D eigenvalue weighted by Crippen LogP contribution is -2.27. The molecular weight excluding hydrogens is 270 g/mol. The second-order valence-corrected chi connectivity index (χ2v) is 6.69. The first-order valence-electron chi connectivity index (χ1n) is 6.99. The van der Waals surface area contributed by atoms with Crippen LogP contribution in [0.15, 0.2) is 18.2 Å². The highest BCUT2D eigenvalue weighted by molar-refractivity contribution is 5.78. The Labute approximate surface area is 124 Å². The van der Waals surface area contributed by atoms with Crippen LogP contribution in [-0.2, 0) is 11.3 Å². The zero-order chi connectivity index (χ0) is 15.8. The van der Waals surface area contributed by atoms with Crippen molar-refractivity contribution in [3.8, 4) is 0 Å². The van der Waals surface area contributed by atoms with Gasteiger partial charge in [-0.05, 0) is 23.0 Å². The number of amides is 1. The van der Waals surface area contributed by atoms with E-state index in [-0.39, 0.29) is 22.7 Å². The van der Waals surface area contributed by atoms with E-state index in [1.165, 1.54) is 12.1 Å². The molecule has 6 nitrogen and oxygen atoms in total. The maximum absolute atomic E-state index is 12.1. The van der Waals surface area contributed by atoms with Gasteiger partial charge in [-0.1, -0.05) is 26.8 Å². The minimum Gasteiger partial charge on any atom is -0.393 e. The molecule has 1 unspecified atom stereocenters. The Morgan fingerprint density at radius 2 is 2.10 bits per heavy atom. The third-order valence-corrected chi connectivity index (χ3v) is 4.10. The van der Waals surface area contributed by atoms with E-state index in [0.717, 1.165) is 5.56 Å². The minimum absolute atomic E-state index is 0.0809. The molecule has 0 saturated carbocycles. The van der Waals surface area contributed by atoms with Gasteiger partial charge in [-0.2, -0.15) is 0 Å². The zero-order valence-electron chi connectivity index (χ0n) is 12.6. The summed E-state index contributed by atoms with van der Waals surface area (Å²) in [4.78, 5) is 24.3. The number of rotatable bonds is 3. The predicted molar refractivity (Wildman–Crippen MR) is 80.5 cm³/mol. The summed E-state index contributed by atoms with van der Waals surface area (Å²) in [5.74, 6) is 0.420. The van der Waals surface area contributed by atoms with Gasteiger partial charge in [0, 0.05) is 25.6 Å². The van der Waals surface area contributed by atoms with Crippen molar-refractivity contribution in [1.82, 2.24) is 4.90 Å². The van der Waals surface area contributed by atoms with E-state index in [2.05, 4.69) is 20.8 Å². The molecule has 2 rings (SSSR count). The van der Waals surface area contributed by atoms with Crippen molar-refractivity contribution in [3.63, 3.8) is 0 Å². The lowest BCUT2D eigenvalue weighted by atomic mass is 9.80. The molecule has 0 radical (unpaired) electrons. The fourth-order valence-corrected chi connectivity index (χ4v) is 2.57. The minimum atomic E-state index is -0.497. The van der Waals surface area contributed by atoms with Crippen LogP contribution in [0.3, 0.4) is 0 Å². The maximum Gasteiger partial charge on any atom is 0.292 e. The van der Waals surface area contributed by atoms with Crippen LogP contribution in [0.4, 0.5) is 11.4 Å². The van der Waals surface area contributed by atoms with Crippen molar-refractivity contribution < 1.29 is 9.72 Å². The summed E-state index contributed by atoms with van der Waals surface area (Å²) < 4.78 is 0. The third-order valence-electron chi connectivity index (χ3n) is 4.10. The van der Waals surface area contributed by atoms with Crippen molar-refractivity contribution in [2.45, 2.75) is 33.7 Å². The predicted octanol–water partition coefficient (Wildman–Crippen LogP) is 2.57. The average Bonchev–Trinajstić information content (AvgIpc) is 2.73. The molecule has 0 spiro atoms. The highest BCUT2D eigenvalue weighted by atomic mass is 16.6. The summed E-state index contributed by atoms with van der Waals surface area (Å²) >= 11 is 0. The van der Waals surface area contributed by atoms with Gasteiger partial charge in [0.15, 0.2) is 0 Å². The summed E-state index contributed by atoms with van der Waals surface area (Å²) in [5.41, 5.74) is 6.44. The van der Waals surface area contributed by atoms with Crippen LogP contribution in [0.1, 0.15) is 32.8 Å². The molecule has 1 saturated heterocycles. The molecule has 1 heterocycles. The first-order chi connectivity index (χ1) is 9.68. The van der Waals surface area contributed by atoms with Crippen LogP contribution in [0.25, 0.3) is 0 Å². The van der Waals surface area contributed by atoms with Crippen molar-refractivity contribution >= 4 is 17.3 Å². The Balaban J connectivity index is 2.14. The van der Waals surface area contributed by atoms with Crippen molar-refractivity contribution in [1.29, 1.82) is 0 Å². The maximum atomic E-state index is 12.1. The van der Waals surface area contributed by atoms with Crippen LogP contribution in [0, 0.1) is 21.4 Å². The summed E-state index contributed by atoms with van der Waals surface area (Å²) in [7, 11) is 0. The van der Waals surface area contributed by atoms with Gasteiger partial charge in [0.1, 0.15) is 5.69 Å². The summed E-state index contributed by atoms with van der Waals surface area (Å²) in [6.07, 6.45) is 0.542. The van der Waals surface area contributed by atoms with Crippen LogP contribution in [0.5, 0.6) is 0 Å². The van der Waals surface area contributed by atoms with Crippen LogP contribution in [0.2, 0.25) is 0 Å². The van der Waals surface area contributed by atoms with Crippen molar-refractivity contribution in [3.05, 3.63) is 33.9 Å². The zero-order valence-corrected chi connectivity index (χ0v) is 12.6. The molecule has 114 valence electrons. The van der Waals surface area contributed by atoms with E-state index < -0.39 is 4.92 Å². The number of benzene rings is 1. The van der Waals surface area contributed by atoms with E-state index in [1.807, 2.05) is 0 Å². The summed E-state index contributed by atoms with van der Waals surface area (Å²) in [6, 6.07) is 4.71. The van der Waals surface area contributed by atoms with E-state index in [9.17, 15) is 14.9 Å². The van der Waals surface area contributed by atoms with E-state index in [0.29, 0.717) is 25.4 Å². The topological polar surface area (TPSA) is 89.5 Å². The molecule has 1 aromatic rings. The number of nitrogens with zero attached hydrogens (tertiary/aromatic N) is 2. The van der Waals surface area contributed by atoms with E-state index >= 15 is 0 Å². The SMILES string of the molecule is CC(C)(C)C1CC(=O)N(Cc2ccc(N)c([N+](=O)[O-])c2)C1.